The second-order valence-electron chi connectivity index (χ2n) is 6.61. The van der Waals surface area contributed by atoms with Crippen LogP contribution in [0.5, 0.6) is 17.2 Å². The summed E-state index contributed by atoms with van der Waals surface area (Å²) in [5.41, 5.74) is 0.712. The van der Waals surface area contributed by atoms with E-state index in [1.807, 2.05) is 0 Å². The molecule has 0 bridgehead atoms. The van der Waals surface area contributed by atoms with Crippen molar-refractivity contribution in [3.63, 3.8) is 0 Å². The quantitative estimate of drug-likeness (QED) is 0.392. The van der Waals surface area contributed by atoms with Crippen molar-refractivity contribution in [3.8, 4) is 51.4 Å². The van der Waals surface area contributed by atoms with E-state index in [1.165, 1.54) is 30.3 Å². The van der Waals surface area contributed by atoms with Crippen LogP contribution in [0.25, 0.3) is 34.2 Å². The number of carbonyl (C=O) groups is 2. The molecule has 4 rings (SSSR count). The predicted molar refractivity (Wildman–Crippen MR) is 113 cm³/mol. The minimum Gasteiger partial charge on any atom is -0.507 e. The third-order valence-corrected chi connectivity index (χ3v) is 4.52. The number of hydrogen-bond acceptors (Lipinski definition) is 8. The van der Waals surface area contributed by atoms with Crippen molar-refractivity contribution in [2.24, 2.45) is 0 Å². The first-order valence-electron chi connectivity index (χ1n) is 9.28. The number of phenols is 2. The van der Waals surface area contributed by atoms with Gasteiger partial charge in [-0.1, -0.05) is 24.3 Å². The average Bonchev–Trinajstić information content (AvgIpc) is 2.79. The van der Waals surface area contributed by atoms with Crippen LogP contribution in [0.4, 0.5) is 0 Å². The molecule has 0 aliphatic heterocycles. The van der Waals surface area contributed by atoms with Gasteiger partial charge in [0.15, 0.2) is 17.5 Å². The van der Waals surface area contributed by atoms with Crippen molar-refractivity contribution in [2.45, 2.75) is 0 Å². The summed E-state index contributed by atoms with van der Waals surface area (Å²) in [4.78, 5) is 35.5. The molecule has 9 heteroatoms. The molecule has 0 saturated carbocycles. The largest absolute Gasteiger partial charge is 0.507 e. The lowest BCUT2D eigenvalue weighted by atomic mass is 10.1. The maximum atomic E-state index is 11.5. The van der Waals surface area contributed by atoms with Crippen LogP contribution in [0.1, 0.15) is 10.4 Å². The Morgan fingerprint density at radius 3 is 1.81 bits per heavy atom. The number of carbonyl (C=O) groups excluding carboxylic acids is 1. The molecule has 4 aromatic rings. The first-order valence-corrected chi connectivity index (χ1v) is 9.28. The lowest BCUT2D eigenvalue weighted by Gasteiger charge is -2.11. The first-order chi connectivity index (χ1) is 15.5. The highest BCUT2D eigenvalue weighted by Crippen LogP contribution is 2.33. The number of nitrogens with zero attached hydrogens (tertiary/aromatic N) is 3. The number of carboxylic acid groups (broad SMARTS) is 1. The third-order valence-electron chi connectivity index (χ3n) is 4.52. The molecular weight excluding hydrogens is 414 g/mol. The molecule has 1 heterocycles. The molecule has 0 saturated heterocycles. The minimum atomic E-state index is -1.24. The maximum Gasteiger partial charge on any atom is 0.335 e. The molecule has 0 unspecified atom stereocenters. The zero-order valence-corrected chi connectivity index (χ0v) is 16.3. The summed E-state index contributed by atoms with van der Waals surface area (Å²) in [5, 5.41) is 30.0. The fourth-order valence-corrected chi connectivity index (χ4v) is 3.05. The van der Waals surface area contributed by atoms with Crippen LogP contribution in [0.3, 0.4) is 0 Å². The van der Waals surface area contributed by atoms with Gasteiger partial charge >= 0.3 is 5.97 Å². The van der Waals surface area contributed by atoms with Crippen molar-refractivity contribution in [2.75, 3.05) is 0 Å². The molecule has 0 spiro atoms. The van der Waals surface area contributed by atoms with Gasteiger partial charge < -0.3 is 20.1 Å². The summed E-state index contributed by atoms with van der Waals surface area (Å²) in [6, 6.07) is 16.7. The summed E-state index contributed by atoms with van der Waals surface area (Å²) in [5.74, 6) is -1.14. The second-order valence-corrected chi connectivity index (χ2v) is 6.61. The van der Waals surface area contributed by atoms with Crippen LogP contribution in [-0.4, -0.2) is 42.7 Å². The summed E-state index contributed by atoms with van der Waals surface area (Å²) < 4.78 is 4.83. The molecule has 0 amide bonds. The third kappa shape index (κ3) is 4.08. The molecule has 3 aromatic carbocycles. The predicted octanol–water partition coefficient (Wildman–Crippen LogP) is 3.52. The van der Waals surface area contributed by atoms with E-state index in [0.717, 1.165) is 0 Å². The summed E-state index contributed by atoms with van der Waals surface area (Å²) in [6.45, 7) is 0.180. The zero-order valence-electron chi connectivity index (χ0n) is 16.3. The highest BCUT2D eigenvalue weighted by atomic mass is 16.5. The van der Waals surface area contributed by atoms with Gasteiger partial charge in [-0.3, -0.25) is 4.79 Å². The lowest BCUT2D eigenvalue weighted by Crippen LogP contribution is -2.03. The molecular formula is C23H15N3O6. The number of carboxylic acids is 1. The standard InChI is InChI=1S/C23H15N3O6/c27-12-32-15-10-13(9-14(11-15)23(30)31)20-24-21(16-5-1-3-7-18(16)28)26-22(25-20)17-6-2-4-8-19(17)29/h1-12,28-29H,(H,30,31). The lowest BCUT2D eigenvalue weighted by molar-refractivity contribution is -0.120. The first kappa shape index (κ1) is 20.5. The van der Waals surface area contributed by atoms with Gasteiger partial charge in [-0.15, -0.1) is 0 Å². The normalized spacial score (nSPS) is 10.5. The Morgan fingerprint density at radius 2 is 1.31 bits per heavy atom. The average molecular weight is 429 g/mol. The summed E-state index contributed by atoms with van der Waals surface area (Å²) in [6.07, 6.45) is 0. The second kappa shape index (κ2) is 8.52. The van der Waals surface area contributed by atoms with E-state index in [1.54, 1.807) is 36.4 Å². The van der Waals surface area contributed by atoms with Gasteiger partial charge in [-0.25, -0.2) is 19.7 Å². The van der Waals surface area contributed by atoms with Crippen molar-refractivity contribution in [3.05, 3.63) is 72.3 Å². The number of aromatic nitrogens is 3. The zero-order chi connectivity index (χ0) is 22.7. The van der Waals surface area contributed by atoms with E-state index in [4.69, 9.17) is 4.74 Å². The number of rotatable bonds is 6. The van der Waals surface area contributed by atoms with E-state index in [2.05, 4.69) is 15.0 Å². The van der Waals surface area contributed by atoms with Crippen molar-refractivity contribution < 1.29 is 29.6 Å². The fourth-order valence-electron chi connectivity index (χ4n) is 3.05. The topological polar surface area (TPSA) is 143 Å². The summed E-state index contributed by atoms with van der Waals surface area (Å²) in [7, 11) is 0. The Hall–Kier alpha value is -4.79. The van der Waals surface area contributed by atoms with Crippen molar-refractivity contribution >= 4 is 12.4 Å². The van der Waals surface area contributed by atoms with Gasteiger partial charge in [0.1, 0.15) is 17.2 Å². The number of hydrogen-bond donors (Lipinski definition) is 3. The van der Waals surface area contributed by atoms with E-state index in [9.17, 15) is 24.9 Å². The van der Waals surface area contributed by atoms with Crippen LogP contribution in [0.2, 0.25) is 0 Å². The molecule has 0 radical (unpaired) electrons. The van der Waals surface area contributed by atoms with Gasteiger partial charge in [0.05, 0.1) is 16.7 Å². The smallest absolute Gasteiger partial charge is 0.335 e. The van der Waals surface area contributed by atoms with E-state index < -0.39 is 5.97 Å². The number of aromatic hydroxyl groups is 2. The number of benzene rings is 3. The molecule has 9 nitrogen and oxygen atoms in total. The molecule has 0 fully saturated rings. The Bertz CT molecular complexity index is 1280. The number of para-hydroxylation sites is 2. The van der Waals surface area contributed by atoms with Crippen molar-refractivity contribution in [1.82, 2.24) is 15.0 Å². The maximum absolute atomic E-state index is 11.5. The van der Waals surface area contributed by atoms with Gasteiger partial charge in [0.25, 0.3) is 6.47 Å². The monoisotopic (exact) mass is 429 g/mol. The molecule has 0 atom stereocenters. The molecule has 0 aliphatic carbocycles. The highest BCUT2D eigenvalue weighted by molar-refractivity contribution is 5.90. The Morgan fingerprint density at radius 1 is 0.781 bits per heavy atom. The minimum absolute atomic E-state index is 0.0106. The molecule has 1 aromatic heterocycles. The fraction of sp³-hybridized carbons (Fsp3) is 0. The van der Waals surface area contributed by atoms with Gasteiger partial charge in [0, 0.05) is 5.56 Å². The van der Waals surface area contributed by atoms with Crippen LogP contribution < -0.4 is 4.74 Å². The van der Waals surface area contributed by atoms with Gasteiger partial charge in [-0.2, -0.15) is 0 Å². The van der Waals surface area contributed by atoms with Crippen LogP contribution >= 0.6 is 0 Å². The molecule has 0 aliphatic rings. The highest BCUT2D eigenvalue weighted by Gasteiger charge is 2.18. The molecule has 32 heavy (non-hydrogen) atoms. The van der Waals surface area contributed by atoms with Crippen LogP contribution in [0.15, 0.2) is 66.7 Å². The van der Waals surface area contributed by atoms with Gasteiger partial charge in [-0.05, 0) is 42.5 Å². The summed E-state index contributed by atoms with van der Waals surface area (Å²) >= 11 is 0. The number of phenolic OH excluding ortho intramolecular Hbond substituents is 2. The molecule has 3 N–H and O–H groups in total. The SMILES string of the molecule is O=COc1cc(C(=O)O)cc(-c2nc(-c3ccccc3O)nc(-c3ccccc3O)n2)c1. The van der Waals surface area contributed by atoms with E-state index in [0.29, 0.717) is 11.1 Å². The van der Waals surface area contributed by atoms with E-state index in [-0.39, 0.29) is 52.3 Å². The Balaban J connectivity index is 1.98. The van der Waals surface area contributed by atoms with Crippen LogP contribution in [0, 0.1) is 0 Å². The Labute approximate surface area is 181 Å². The Kier molecular flexibility index (Phi) is 5.45. The van der Waals surface area contributed by atoms with Gasteiger partial charge in [0.2, 0.25) is 0 Å². The molecule has 158 valence electrons. The van der Waals surface area contributed by atoms with Crippen molar-refractivity contribution in [1.29, 1.82) is 0 Å². The van der Waals surface area contributed by atoms with E-state index >= 15 is 0 Å². The number of aromatic carboxylic acids is 1. The van der Waals surface area contributed by atoms with Crippen LogP contribution in [-0.2, 0) is 4.79 Å². The number of ether oxygens (including phenoxy) is 1.